The molecule has 1 aliphatic heterocycles. The number of benzene rings is 1. The number of piperazine rings is 1. The number of hydrogen-bond donors (Lipinski definition) is 0. The molecule has 0 radical (unpaired) electrons. The summed E-state index contributed by atoms with van der Waals surface area (Å²) in [7, 11) is 0. The fourth-order valence-electron chi connectivity index (χ4n) is 4.56. The molecule has 0 aliphatic carbocycles. The van der Waals surface area contributed by atoms with Gasteiger partial charge in [0.05, 0.1) is 18.1 Å². The smallest absolute Gasteiger partial charge is 0.276 e. The lowest BCUT2D eigenvalue weighted by Crippen LogP contribution is -2.50. The molecule has 7 nitrogen and oxygen atoms in total. The first kappa shape index (κ1) is 22.2. The summed E-state index contributed by atoms with van der Waals surface area (Å²) in [6, 6.07) is 6.64. The van der Waals surface area contributed by atoms with Crippen molar-refractivity contribution in [2.75, 3.05) is 32.7 Å². The third-order valence-corrected chi connectivity index (χ3v) is 6.44. The highest BCUT2D eigenvalue weighted by Gasteiger charge is 2.23. The Bertz CT molecular complexity index is 1190. The molecule has 1 fully saturated rings. The quantitative estimate of drug-likeness (QED) is 0.592. The molecule has 0 unspecified atom stereocenters. The molecule has 170 valence electrons. The van der Waals surface area contributed by atoms with Crippen molar-refractivity contribution in [2.24, 2.45) is 0 Å². The van der Waals surface area contributed by atoms with Gasteiger partial charge in [-0.25, -0.2) is 9.07 Å². The molecule has 1 amide bonds. The zero-order valence-electron chi connectivity index (χ0n) is 19.0. The molecule has 0 spiro atoms. The first-order chi connectivity index (χ1) is 15.4. The second kappa shape index (κ2) is 9.24. The standard InChI is InChI=1S/C24H30FN5O2/c1-4-9-27-10-12-28(13-11-27)22(31)16-30-24(32)23-18(3)29(17(2)20(23)14-26-30)15-19-7-5-6-8-21(19)25/h5-8,14H,4,9-13,15-16H2,1-3H3. The van der Waals surface area contributed by atoms with Gasteiger partial charge in [0.2, 0.25) is 5.91 Å². The number of rotatable bonds is 6. The van der Waals surface area contributed by atoms with Gasteiger partial charge in [0.25, 0.3) is 5.56 Å². The van der Waals surface area contributed by atoms with E-state index in [1.165, 1.54) is 10.7 Å². The summed E-state index contributed by atoms with van der Waals surface area (Å²) in [4.78, 5) is 30.2. The van der Waals surface area contributed by atoms with Crippen LogP contribution in [0.3, 0.4) is 0 Å². The molecule has 0 atom stereocenters. The van der Waals surface area contributed by atoms with Crippen molar-refractivity contribution in [3.8, 4) is 0 Å². The third-order valence-electron chi connectivity index (χ3n) is 6.44. The number of hydrogen-bond acceptors (Lipinski definition) is 4. The van der Waals surface area contributed by atoms with Gasteiger partial charge in [-0.3, -0.25) is 14.5 Å². The molecule has 2 aromatic heterocycles. The summed E-state index contributed by atoms with van der Waals surface area (Å²) < 4.78 is 17.4. The fraction of sp³-hybridized carbons (Fsp3) is 0.458. The normalized spacial score (nSPS) is 14.9. The van der Waals surface area contributed by atoms with E-state index >= 15 is 0 Å². The van der Waals surface area contributed by atoms with Crippen LogP contribution in [-0.2, 0) is 17.9 Å². The molecule has 1 aliphatic rings. The number of halogens is 1. The van der Waals surface area contributed by atoms with Gasteiger partial charge in [-0.15, -0.1) is 0 Å². The van der Waals surface area contributed by atoms with Gasteiger partial charge >= 0.3 is 0 Å². The zero-order valence-corrected chi connectivity index (χ0v) is 19.0. The average Bonchev–Trinajstić information content (AvgIpc) is 3.03. The topological polar surface area (TPSA) is 63.4 Å². The van der Waals surface area contributed by atoms with Crippen molar-refractivity contribution in [1.82, 2.24) is 24.1 Å². The van der Waals surface area contributed by atoms with Crippen molar-refractivity contribution < 1.29 is 9.18 Å². The lowest BCUT2D eigenvalue weighted by atomic mass is 10.2. The lowest BCUT2D eigenvalue weighted by Gasteiger charge is -2.34. The maximum absolute atomic E-state index is 14.2. The van der Waals surface area contributed by atoms with Crippen LogP contribution in [-0.4, -0.2) is 62.8 Å². The van der Waals surface area contributed by atoms with Gasteiger partial charge in [0.15, 0.2) is 0 Å². The summed E-state index contributed by atoms with van der Waals surface area (Å²) in [5.41, 5.74) is 1.89. The second-order valence-electron chi connectivity index (χ2n) is 8.47. The van der Waals surface area contributed by atoms with Crippen molar-refractivity contribution in [2.45, 2.75) is 40.3 Å². The van der Waals surface area contributed by atoms with Crippen molar-refractivity contribution in [1.29, 1.82) is 0 Å². The highest BCUT2D eigenvalue weighted by Crippen LogP contribution is 2.23. The largest absolute Gasteiger partial charge is 0.343 e. The maximum Gasteiger partial charge on any atom is 0.276 e. The summed E-state index contributed by atoms with van der Waals surface area (Å²) >= 11 is 0. The highest BCUT2D eigenvalue weighted by molar-refractivity contribution is 5.87. The summed E-state index contributed by atoms with van der Waals surface area (Å²) in [6.45, 7) is 10.3. The van der Waals surface area contributed by atoms with E-state index in [9.17, 15) is 14.0 Å². The van der Waals surface area contributed by atoms with E-state index < -0.39 is 0 Å². The van der Waals surface area contributed by atoms with E-state index in [1.54, 1.807) is 24.4 Å². The fourth-order valence-corrected chi connectivity index (χ4v) is 4.56. The number of aryl methyl sites for hydroxylation is 2. The molecule has 1 aromatic carbocycles. The van der Waals surface area contributed by atoms with Gasteiger partial charge in [-0.1, -0.05) is 25.1 Å². The van der Waals surface area contributed by atoms with Crippen LogP contribution < -0.4 is 5.56 Å². The summed E-state index contributed by atoms with van der Waals surface area (Å²) in [5, 5.41) is 5.56. The van der Waals surface area contributed by atoms with Crippen LogP contribution in [0, 0.1) is 19.7 Å². The molecule has 32 heavy (non-hydrogen) atoms. The molecular formula is C24H30FN5O2. The molecule has 1 saturated heterocycles. The van der Waals surface area contributed by atoms with E-state index in [0.717, 1.165) is 42.8 Å². The molecule has 8 heteroatoms. The molecule has 3 heterocycles. The minimum atomic E-state index is -0.284. The van der Waals surface area contributed by atoms with Crippen molar-refractivity contribution in [3.05, 3.63) is 63.6 Å². The van der Waals surface area contributed by atoms with Crippen LogP contribution >= 0.6 is 0 Å². The van der Waals surface area contributed by atoms with Crippen LogP contribution in [0.1, 0.15) is 30.3 Å². The number of aromatic nitrogens is 3. The first-order valence-electron chi connectivity index (χ1n) is 11.2. The SMILES string of the molecule is CCCN1CCN(C(=O)Cn2ncc3c(C)n(Cc4ccccc4F)c(C)c3c2=O)CC1. The monoisotopic (exact) mass is 439 g/mol. The van der Waals surface area contributed by atoms with Gasteiger partial charge in [-0.05, 0) is 32.9 Å². The number of carbonyl (C=O) groups is 1. The molecule has 4 rings (SSSR count). The predicted molar refractivity (Wildman–Crippen MR) is 122 cm³/mol. The van der Waals surface area contributed by atoms with Gasteiger partial charge in [0, 0.05) is 48.5 Å². The Balaban J connectivity index is 1.58. The molecular weight excluding hydrogens is 409 g/mol. The summed E-state index contributed by atoms with van der Waals surface area (Å²) in [5.74, 6) is -0.362. The molecule has 0 saturated carbocycles. The minimum absolute atomic E-state index is 0.0699. The van der Waals surface area contributed by atoms with Gasteiger partial charge < -0.3 is 9.47 Å². The Morgan fingerprint density at radius 2 is 1.81 bits per heavy atom. The van der Waals surface area contributed by atoms with Crippen LogP contribution in [0.15, 0.2) is 35.3 Å². The number of carbonyl (C=O) groups excluding carboxylic acids is 1. The number of amides is 1. The van der Waals surface area contributed by atoms with Crippen LogP contribution in [0.5, 0.6) is 0 Å². The summed E-state index contributed by atoms with van der Waals surface area (Å²) in [6.07, 6.45) is 2.74. The van der Waals surface area contributed by atoms with E-state index in [2.05, 4.69) is 16.9 Å². The van der Waals surface area contributed by atoms with Crippen LogP contribution in [0.25, 0.3) is 10.8 Å². The maximum atomic E-state index is 14.2. The lowest BCUT2D eigenvalue weighted by molar-refractivity contribution is -0.133. The van der Waals surface area contributed by atoms with E-state index in [-0.39, 0.29) is 23.8 Å². The Morgan fingerprint density at radius 1 is 1.09 bits per heavy atom. The Kier molecular flexibility index (Phi) is 6.41. The Hall–Kier alpha value is -3.00. The Labute approximate surface area is 187 Å². The highest BCUT2D eigenvalue weighted by atomic mass is 19.1. The molecule has 0 N–H and O–H groups in total. The van der Waals surface area contributed by atoms with Gasteiger partial charge in [-0.2, -0.15) is 5.10 Å². The molecule has 3 aromatic rings. The Morgan fingerprint density at radius 3 is 2.50 bits per heavy atom. The van der Waals surface area contributed by atoms with Gasteiger partial charge in [0.1, 0.15) is 12.4 Å². The predicted octanol–water partition coefficient (Wildman–Crippen LogP) is 2.56. The van der Waals surface area contributed by atoms with E-state index in [4.69, 9.17) is 0 Å². The van der Waals surface area contributed by atoms with E-state index in [0.29, 0.717) is 30.6 Å². The van der Waals surface area contributed by atoms with Crippen LogP contribution in [0.4, 0.5) is 4.39 Å². The van der Waals surface area contributed by atoms with E-state index in [1.807, 2.05) is 23.3 Å². The minimum Gasteiger partial charge on any atom is -0.343 e. The first-order valence-corrected chi connectivity index (χ1v) is 11.2. The van der Waals surface area contributed by atoms with Crippen molar-refractivity contribution >= 4 is 16.7 Å². The number of nitrogens with zero attached hydrogens (tertiary/aromatic N) is 5. The number of fused-ring (bicyclic) bond motifs is 1. The van der Waals surface area contributed by atoms with Crippen molar-refractivity contribution in [3.63, 3.8) is 0 Å². The van der Waals surface area contributed by atoms with Crippen LogP contribution in [0.2, 0.25) is 0 Å². The zero-order chi connectivity index (χ0) is 22.8. The average molecular weight is 440 g/mol. The molecule has 0 bridgehead atoms. The second-order valence-corrected chi connectivity index (χ2v) is 8.47. The third kappa shape index (κ3) is 4.19.